The van der Waals surface area contributed by atoms with E-state index in [1.165, 1.54) is 10.4 Å². The highest BCUT2D eigenvalue weighted by atomic mass is 79.9. The topological polar surface area (TPSA) is 12.0 Å². The van der Waals surface area contributed by atoms with Gasteiger partial charge in [-0.3, -0.25) is 0 Å². The molecule has 1 heterocycles. The molecule has 0 radical (unpaired) electrons. The lowest BCUT2D eigenvalue weighted by Gasteiger charge is -2.15. The van der Waals surface area contributed by atoms with Crippen LogP contribution in [0.2, 0.25) is 4.34 Å². The van der Waals surface area contributed by atoms with Crippen LogP contribution in [0.1, 0.15) is 23.4 Å². The van der Waals surface area contributed by atoms with E-state index in [0.717, 1.165) is 19.8 Å². The Morgan fingerprint density at radius 1 is 1.28 bits per heavy atom. The van der Waals surface area contributed by atoms with Crippen molar-refractivity contribution in [3.8, 4) is 0 Å². The van der Waals surface area contributed by atoms with E-state index in [4.69, 9.17) is 11.6 Å². The summed E-state index contributed by atoms with van der Waals surface area (Å²) in [4.78, 5) is 1.23. The van der Waals surface area contributed by atoms with Crippen LogP contribution in [0.25, 0.3) is 0 Å². The van der Waals surface area contributed by atoms with Crippen LogP contribution in [0.5, 0.6) is 0 Å². The smallest absolute Gasteiger partial charge is 0.107 e. The Morgan fingerprint density at radius 3 is 2.61 bits per heavy atom. The van der Waals surface area contributed by atoms with Crippen molar-refractivity contribution in [2.45, 2.75) is 19.5 Å². The van der Waals surface area contributed by atoms with Crippen molar-refractivity contribution in [2.24, 2.45) is 0 Å². The summed E-state index contributed by atoms with van der Waals surface area (Å²) in [5, 5.41) is 3.50. The van der Waals surface area contributed by atoms with E-state index in [2.05, 4.69) is 68.4 Å². The van der Waals surface area contributed by atoms with Gasteiger partial charge in [0, 0.05) is 26.4 Å². The van der Waals surface area contributed by atoms with Gasteiger partial charge in [-0.1, -0.05) is 45.7 Å². The Hall–Kier alpha value is 0.130. The largest absolute Gasteiger partial charge is 0.305 e. The fourth-order valence-corrected chi connectivity index (χ4v) is 4.04. The summed E-state index contributed by atoms with van der Waals surface area (Å²) in [5.74, 6) is 0. The van der Waals surface area contributed by atoms with Crippen molar-refractivity contribution in [3.63, 3.8) is 0 Å². The van der Waals surface area contributed by atoms with Crippen molar-refractivity contribution >= 4 is 54.8 Å². The molecular formula is C13H12Br2ClNS. The van der Waals surface area contributed by atoms with Crippen LogP contribution in [-0.2, 0) is 6.54 Å². The Kier molecular flexibility index (Phi) is 5.27. The van der Waals surface area contributed by atoms with E-state index in [9.17, 15) is 0 Å². The third-order valence-corrected chi connectivity index (χ3v) is 5.85. The van der Waals surface area contributed by atoms with Gasteiger partial charge in [0.05, 0.1) is 0 Å². The molecule has 96 valence electrons. The van der Waals surface area contributed by atoms with Crippen LogP contribution in [0.4, 0.5) is 0 Å². The summed E-state index contributed by atoms with van der Waals surface area (Å²) >= 11 is 14.6. The molecule has 1 nitrogen and oxygen atoms in total. The Balaban J connectivity index is 2.00. The van der Waals surface area contributed by atoms with Gasteiger partial charge in [-0.15, -0.1) is 11.3 Å². The molecule has 0 saturated carbocycles. The van der Waals surface area contributed by atoms with Crippen molar-refractivity contribution in [2.75, 3.05) is 0 Å². The molecule has 1 aromatic carbocycles. The van der Waals surface area contributed by atoms with E-state index >= 15 is 0 Å². The maximum Gasteiger partial charge on any atom is 0.107 e. The first-order valence-corrected chi connectivity index (χ1v) is 8.27. The van der Waals surface area contributed by atoms with Crippen LogP contribution in [0.3, 0.4) is 0 Å². The highest BCUT2D eigenvalue weighted by molar-refractivity contribution is 9.10. The highest BCUT2D eigenvalue weighted by Gasteiger charge is 2.10. The maximum absolute atomic E-state index is 6.02. The highest BCUT2D eigenvalue weighted by Crippen LogP contribution is 2.32. The first-order chi connectivity index (χ1) is 8.58. The van der Waals surface area contributed by atoms with Gasteiger partial charge >= 0.3 is 0 Å². The van der Waals surface area contributed by atoms with Gasteiger partial charge < -0.3 is 5.32 Å². The summed E-state index contributed by atoms with van der Waals surface area (Å²) in [5.41, 5.74) is 1.26. The standard InChI is InChI=1S/C13H12Br2ClNS/c1-8(10-4-2-3-5-11(10)14)17-7-9-6-12(15)13(16)18-9/h2-6,8,17H,7H2,1H3/t8-/m1/s1. The van der Waals surface area contributed by atoms with Gasteiger partial charge in [-0.2, -0.15) is 0 Å². The predicted octanol–water partition coefficient (Wildman–Crippen LogP) is 5.78. The lowest BCUT2D eigenvalue weighted by molar-refractivity contribution is 0.577. The molecule has 1 atom stereocenters. The van der Waals surface area contributed by atoms with E-state index in [0.29, 0.717) is 6.04 Å². The number of thiophene rings is 1. The molecule has 2 aromatic rings. The number of nitrogens with one attached hydrogen (secondary N) is 1. The molecule has 1 N–H and O–H groups in total. The fraction of sp³-hybridized carbons (Fsp3) is 0.231. The molecule has 0 saturated heterocycles. The van der Waals surface area contributed by atoms with Crippen LogP contribution >= 0.6 is 54.8 Å². The Labute approximate surface area is 133 Å². The first kappa shape index (κ1) is 14.5. The van der Waals surface area contributed by atoms with Crippen molar-refractivity contribution in [1.82, 2.24) is 5.32 Å². The van der Waals surface area contributed by atoms with Crippen LogP contribution in [0, 0.1) is 0 Å². The van der Waals surface area contributed by atoms with Gasteiger partial charge in [-0.05, 0) is 40.5 Å². The van der Waals surface area contributed by atoms with Crippen LogP contribution in [0.15, 0.2) is 39.3 Å². The second-order valence-electron chi connectivity index (χ2n) is 3.96. The van der Waals surface area contributed by atoms with Crippen molar-refractivity contribution in [1.29, 1.82) is 0 Å². The van der Waals surface area contributed by atoms with Gasteiger partial charge in [0.25, 0.3) is 0 Å². The maximum atomic E-state index is 6.02. The second kappa shape index (κ2) is 6.53. The number of hydrogen-bond donors (Lipinski definition) is 1. The molecule has 0 aliphatic rings. The first-order valence-electron chi connectivity index (χ1n) is 5.49. The number of hydrogen-bond acceptors (Lipinski definition) is 2. The van der Waals surface area contributed by atoms with Gasteiger partial charge in [0.1, 0.15) is 4.34 Å². The van der Waals surface area contributed by atoms with E-state index < -0.39 is 0 Å². The van der Waals surface area contributed by atoms with Gasteiger partial charge in [-0.25, -0.2) is 0 Å². The molecule has 5 heteroatoms. The zero-order valence-electron chi connectivity index (χ0n) is 9.71. The van der Waals surface area contributed by atoms with E-state index in [1.54, 1.807) is 11.3 Å². The molecule has 2 rings (SSSR count). The predicted molar refractivity (Wildman–Crippen MR) is 86.4 cm³/mol. The monoisotopic (exact) mass is 407 g/mol. The molecule has 0 unspecified atom stereocenters. The van der Waals surface area contributed by atoms with Crippen LogP contribution < -0.4 is 5.32 Å². The van der Waals surface area contributed by atoms with Gasteiger partial charge in [0.15, 0.2) is 0 Å². The normalized spacial score (nSPS) is 12.7. The van der Waals surface area contributed by atoms with Crippen LogP contribution in [-0.4, -0.2) is 0 Å². The zero-order chi connectivity index (χ0) is 13.1. The van der Waals surface area contributed by atoms with Gasteiger partial charge in [0.2, 0.25) is 0 Å². The summed E-state index contributed by atoms with van der Waals surface area (Å²) in [6, 6.07) is 10.6. The van der Waals surface area contributed by atoms with Crippen molar-refractivity contribution < 1.29 is 0 Å². The summed E-state index contributed by atoms with van der Waals surface area (Å²) in [7, 11) is 0. The summed E-state index contributed by atoms with van der Waals surface area (Å²) < 4.78 is 2.91. The lowest BCUT2D eigenvalue weighted by Crippen LogP contribution is -2.17. The Bertz CT molecular complexity index is 522. The fourth-order valence-electron chi connectivity index (χ4n) is 1.67. The number of rotatable bonds is 4. The molecule has 0 aliphatic carbocycles. The lowest BCUT2D eigenvalue weighted by atomic mass is 10.1. The quantitative estimate of drug-likeness (QED) is 0.675. The minimum atomic E-state index is 0.292. The third kappa shape index (κ3) is 3.58. The number of halogens is 3. The molecule has 1 aromatic heterocycles. The average molecular weight is 410 g/mol. The Morgan fingerprint density at radius 2 is 2.00 bits per heavy atom. The zero-order valence-corrected chi connectivity index (χ0v) is 14.5. The second-order valence-corrected chi connectivity index (χ2v) is 7.41. The molecule has 18 heavy (non-hydrogen) atoms. The molecule has 0 spiro atoms. The molecule has 0 amide bonds. The minimum Gasteiger partial charge on any atom is -0.305 e. The summed E-state index contributed by atoms with van der Waals surface area (Å²) in [6.45, 7) is 2.98. The molecular weight excluding hydrogens is 397 g/mol. The molecule has 0 fully saturated rings. The SMILES string of the molecule is C[C@@H](NCc1cc(Br)c(Cl)s1)c1ccccc1Br. The van der Waals surface area contributed by atoms with Crippen molar-refractivity contribution in [3.05, 3.63) is 54.1 Å². The molecule has 0 aliphatic heterocycles. The summed E-state index contributed by atoms with van der Waals surface area (Å²) in [6.07, 6.45) is 0. The minimum absolute atomic E-state index is 0.292. The number of benzene rings is 1. The van der Waals surface area contributed by atoms with E-state index in [-0.39, 0.29) is 0 Å². The average Bonchev–Trinajstić information content (AvgIpc) is 2.66. The van der Waals surface area contributed by atoms with E-state index in [1.807, 2.05) is 6.07 Å². The molecule has 0 bridgehead atoms. The third-order valence-electron chi connectivity index (χ3n) is 2.65.